The van der Waals surface area contributed by atoms with E-state index < -0.39 is 0 Å². The number of piperidine rings is 1. The Hall–Kier alpha value is -3.26. The standard InChI is InChI=1S/C35H41NO5/c37-18-6-20-40-33-23-36-24-34(41-26-28-12-13-29-10-4-5-11-31(29)22-28)35(33)30-14-16-32(17-15-30)39-21-7-19-38-25-27-8-2-1-3-9-27/h1-5,8-17,22,33-37H,6-7,18-21,23-26H2/t33-,34+,35+/m1/s1. The molecule has 0 spiro atoms. The molecule has 1 saturated heterocycles. The molecule has 216 valence electrons. The van der Waals surface area contributed by atoms with Crippen LogP contribution < -0.4 is 10.1 Å². The molecule has 0 aliphatic carbocycles. The van der Waals surface area contributed by atoms with Crippen molar-refractivity contribution in [2.75, 3.05) is 39.5 Å². The predicted molar refractivity (Wildman–Crippen MR) is 162 cm³/mol. The van der Waals surface area contributed by atoms with Gasteiger partial charge in [-0.1, -0.05) is 78.9 Å². The molecule has 1 heterocycles. The lowest BCUT2D eigenvalue weighted by Crippen LogP contribution is -2.50. The van der Waals surface area contributed by atoms with Crippen molar-refractivity contribution in [3.05, 3.63) is 114 Å². The van der Waals surface area contributed by atoms with E-state index in [-0.39, 0.29) is 24.7 Å². The summed E-state index contributed by atoms with van der Waals surface area (Å²) in [4.78, 5) is 0. The third kappa shape index (κ3) is 8.62. The number of benzene rings is 4. The van der Waals surface area contributed by atoms with Gasteiger partial charge in [0.05, 0.1) is 38.6 Å². The smallest absolute Gasteiger partial charge is 0.119 e. The molecule has 1 aliphatic rings. The van der Waals surface area contributed by atoms with E-state index in [0.29, 0.717) is 39.5 Å². The first-order valence-corrected chi connectivity index (χ1v) is 14.7. The van der Waals surface area contributed by atoms with Crippen molar-refractivity contribution < 1.29 is 24.1 Å². The summed E-state index contributed by atoms with van der Waals surface area (Å²) in [6.07, 6.45) is 1.34. The molecule has 2 N–H and O–H groups in total. The van der Waals surface area contributed by atoms with E-state index in [4.69, 9.17) is 18.9 Å². The average Bonchev–Trinajstić information content (AvgIpc) is 3.02. The van der Waals surface area contributed by atoms with Gasteiger partial charge in [0, 0.05) is 38.6 Å². The highest BCUT2D eigenvalue weighted by molar-refractivity contribution is 5.82. The molecule has 0 amide bonds. The number of hydrogen-bond donors (Lipinski definition) is 2. The highest BCUT2D eigenvalue weighted by atomic mass is 16.5. The first kappa shape index (κ1) is 29.2. The third-order valence-electron chi connectivity index (χ3n) is 7.48. The Labute approximate surface area is 243 Å². The Kier molecular flexibility index (Phi) is 11.2. The lowest BCUT2D eigenvalue weighted by molar-refractivity contribution is -0.0616. The van der Waals surface area contributed by atoms with Crippen LogP contribution in [-0.4, -0.2) is 56.8 Å². The van der Waals surface area contributed by atoms with Gasteiger partial charge in [0.1, 0.15) is 5.75 Å². The van der Waals surface area contributed by atoms with E-state index in [1.807, 2.05) is 30.3 Å². The summed E-state index contributed by atoms with van der Waals surface area (Å²) in [6.45, 7) is 4.55. The molecule has 0 unspecified atom stereocenters. The Morgan fingerprint density at radius 1 is 0.659 bits per heavy atom. The van der Waals surface area contributed by atoms with Gasteiger partial charge >= 0.3 is 0 Å². The van der Waals surface area contributed by atoms with Crippen LogP contribution >= 0.6 is 0 Å². The molecule has 1 fully saturated rings. The molecule has 0 saturated carbocycles. The van der Waals surface area contributed by atoms with E-state index in [2.05, 4.69) is 72.0 Å². The van der Waals surface area contributed by atoms with Crippen molar-refractivity contribution in [2.45, 2.75) is 44.2 Å². The second-order valence-electron chi connectivity index (χ2n) is 10.5. The highest BCUT2D eigenvalue weighted by Crippen LogP contribution is 2.32. The van der Waals surface area contributed by atoms with Crippen LogP contribution in [0.1, 0.15) is 35.4 Å². The summed E-state index contributed by atoms with van der Waals surface area (Å²) in [7, 11) is 0. The van der Waals surface area contributed by atoms with Gasteiger partial charge in [0.15, 0.2) is 0 Å². The van der Waals surface area contributed by atoms with E-state index >= 15 is 0 Å². The van der Waals surface area contributed by atoms with Gasteiger partial charge in [0.2, 0.25) is 0 Å². The fourth-order valence-electron chi connectivity index (χ4n) is 5.35. The zero-order valence-corrected chi connectivity index (χ0v) is 23.6. The molecule has 4 aromatic rings. The van der Waals surface area contributed by atoms with Crippen molar-refractivity contribution >= 4 is 10.8 Å². The van der Waals surface area contributed by atoms with Crippen molar-refractivity contribution in [2.24, 2.45) is 0 Å². The molecular formula is C35H41NO5. The van der Waals surface area contributed by atoms with Crippen LogP contribution in [-0.2, 0) is 27.4 Å². The Morgan fingerprint density at radius 3 is 2.22 bits per heavy atom. The fraction of sp³-hybridized carbons (Fsp3) is 0.371. The topological polar surface area (TPSA) is 69.2 Å². The predicted octanol–water partition coefficient (Wildman–Crippen LogP) is 5.87. The molecule has 0 aromatic heterocycles. The lowest BCUT2D eigenvalue weighted by atomic mass is 9.85. The van der Waals surface area contributed by atoms with Crippen LogP contribution in [0.5, 0.6) is 5.75 Å². The Bertz CT molecular complexity index is 1310. The normalized spacial score (nSPS) is 18.9. The van der Waals surface area contributed by atoms with Crippen molar-refractivity contribution in [1.29, 1.82) is 0 Å². The van der Waals surface area contributed by atoms with Gasteiger partial charge in [0.25, 0.3) is 0 Å². The van der Waals surface area contributed by atoms with E-state index in [1.54, 1.807) is 0 Å². The van der Waals surface area contributed by atoms with Gasteiger partial charge in [-0.25, -0.2) is 0 Å². The first-order valence-electron chi connectivity index (χ1n) is 14.7. The molecular weight excluding hydrogens is 514 g/mol. The number of fused-ring (bicyclic) bond motifs is 1. The van der Waals surface area contributed by atoms with Crippen molar-refractivity contribution in [3.8, 4) is 5.75 Å². The molecule has 41 heavy (non-hydrogen) atoms. The van der Waals surface area contributed by atoms with Gasteiger partial charge < -0.3 is 29.4 Å². The molecule has 5 rings (SSSR count). The summed E-state index contributed by atoms with van der Waals surface area (Å²) in [5.41, 5.74) is 3.50. The summed E-state index contributed by atoms with van der Waals surface area (Å²) in [5.74, 6) is 0.910. The molecule has 3 atom stereocenters. The number of ether oxygens (including phenoxy) is 4. The van der Waals surface area contributed by atoms with Gasteiger partial charge in [-0.3, -0.25) is 0 Å². The Morgan fingerprint density at radius 2 is 1.41 bits per heavy atom. The molecule has 1 aliphatic heterocycles. The van der Waals surface area contributed by atoms with Gasteiger partial charge in [-0.05, 0) is 52.1 Å². The summed E-state index contributed by atoms with van der Waals surface area (Å²) in [5, 5.41) is 15.2. The SMILES string of the molecule is OCCCO[C@@H]1CNC[C@H](OCc2ccc3ccccc3c2)[C@H]1c1ccc(OCCCOCc2ccccc2)cc1. The lowest BCUT2D eigenvalue weighted by Gasteiger charge is -2.39. The molecule has 4 aromatic carbocycles. The summed E-state index contributed by atoms with van der Waals surface area (Å²) in [6, 6.07) is 33.4. The first-order chi connectivity index (χ1) is 20.3. The van der Waals surface area contributed by atoms with Crippen LogP contribution in [0.2, 0.25) is 0 Å². The van der Waals surface area contributed by atoms with Crippen LogP contribution in [0.3, 0.4) is 0 Å². The molecule has 0 bridgehead atoms. The zero-order chi connectivity index (χ0) is 28.1. The maximum atomic E-state index is 9.28. The van der Waals surface area contributed by atoms with Crippen LogP contribution in [0.25, 0.3) is 10.8 Å². The highest BCUT2D eigenvalue weighted by Gasteiger charge is 2.36. The largest absolute Gasteiger partial charge is 0.494 e. The number of hydrogen-bond acceptors (Lipinski definition) is 6. The molecule has 6 heteroatoms. The third-order valence-corrected chi connectivity index (χ3v) is 7.48. The van der Waals surface area contributed by atoms with Crippen LogP contribution in [0, 0.1) is 0 Å². The zero-order valence-electron chi connectivity index (χ0n) is 23.6. The Balaban J connectivity index is 1.17. The van der Waals surface area contributed by atoms with Crippen molar-refractivity contribution in [3.63, 3.8) is 0 Å². The molecule has 6 nitrogen and oxygen atoms in total. The maximum Gasteiger partial charge on any atom is 0.119 e. The van der Waals surface area contributed by atoms with E-state index in [9.17, 15) is 5.11 Å². The maximum absolute atomic E-state index is 9.28. The second kappa shape index (κ2) is 15.7. The van der Waals surface area contributed by atoms with Crippen molar-refractivity contribution in [1.82, 2.24) is 5.32 Å². The summed E-state index contributed by atoms with van der Waals surface area (Å²) >= 11 is 0. The second-order valence-corrected chi connectivity index (χ2v) is 10.5. The molecule has 0 radical (unpaired) electrons. The number of nitrogens with one attached hydrogen (secondary N) is 1. The summed E-state index contributed by atoms with van der Waals surface area (Å²) < 4.78 is 24.6. The minimum absolute atomic E-state index is 0.0505. The monoisotopic (exact) mass is 555 g/mol. The minimum Gasteiger partial charge on any atom is -0.494 e. The number of rotatable bonds is 15. The number of aliphatic hydroxyl groups excluding tert-OH is 1. The average molecular weight is 556 g/mol. The minimum atomic E-state index is -0.0529. The fourth-order valence-corrected chi connectivity index (χ4v) is 5.35. The number of aliphatic hydroxyl groups is 1. The van der Waals surface area contributed by atoms with Gasteiger partial charge in [-0.15, -0.1) is 0 Å². The van der Waals surface area contributed by atoms with Crippen LogP contribution in [0.15, 0.2) is 97.1 Å². The van der Waals surface area contributed by atoms with E-state index in [1.165, 1.54) is 21.9 Å². The van der Waals surface area contributed by atoms with E-state index in [0.717, 1.165) is 30.8 Å². The van der Waals surface area contributed by atoms with Crippen LogP contribution in [0.4, 0.5) is 0 Å². The quantitative estimate of drug-likeness (QED) is 0.179. The van der Waals surface area contributed by atoms with Gasteiger partial charge in [-0.2, -0.15) is 0 Å².